The lowest BCUT2D eigenvalue weighted by Crippen LogP contribution is -2.16. The molecule has 2 heterocycles. The van der Waals surface area contributed by atoms with Crippen molar-refractivity contribution in [1.82, 2.24) is 10.1 Å². The molecule has 2 N–H and O–H groups in total. The number of nitrogens with zero attached hydrogens (tertiary/aromatic N) is 2. The Kier molecular flexibility index (Phi) is 3.61. The molecule has 15 heavy (non-hydrogen) atoms. The SMILES string of the molecule is COCC(N)c1nc(C2CCCS2)no1. The smallest absolute Gasteiger partial charge is 0.245 e. The zero-order chi connectivity index (χ0) is 10.7. The average Bonchev–Trinajstić information content (AvgIpc) is 2.89. The van der Waals surface area contributed by atoms with Crippen LogP contribution in [0.3, 0.4) is 0 Å². The fourth-order valence-electron chi connectivity index (χ4n) is 1.56. The number of ether oxygens (including phenoxy) is 1. The minimum Gasteiger partial charge on any atom is -0.383 e. The quantitative estimate of drug-likeness (QED) is 0.838. The van der Waals surface area contributed by atoms with E-state index < -0.39 is 0 Å². The Hall–Kier alpha value is -0.590. The second kappa shape index (κ2) is 4.96. The summed E-state index contributed by atoms with van der Waals surface area (Å²) in [6.07, 6.45) is 2.35. The topological polar surface area (TPSA) is 74.2 Å². The minimum absolute atomic E-state index is 0.317. The van der Waals surface area contributed by atoms with Gasteiger partial charge in [-0.3, -0.25) is 0 Å². The van der Waals surface area contributed by atoms with Gasteiger partial charge < -0.3 is 15.0 Å². The van der Waals surface area contributed by atoms with Crippen LogP contribution in [0.5, 0.6) is 0 Å². The first-order chi connectivity index (χ1) is 7.31. The Morgan fingerprint density at radius 3 is 3.27 bits per heavy atom. The molecule has 0 spiro atoms. The number of aromatic nitrogens is 2. The van der Waals surface area contributed by atoms with Crippen molar-refractivity contribution in [3.8, 4) is 0 Å². The number of methoxy groups -OCH3 is 1. The molecule has 0 amide bonds. The van der Waals surface area contributed by atoms with Crippen molar-refractivity contribution in [3.63, 3.8) is 0 Å². The first-order valence-electron chi connectivity index (χ1n) is 5.01. The second-order valence-electron chi connectivity index (χ2n) is 3.55. The summed E-state index contributed by atoms with van der Waals surface area (Å²) in [4.78, 5) is 4.31. The molecule has 2 unspecified atom stereocenters. The highest BCUT2D eigenvalue weighted by Crippen LogP contribution is 2.38. The summed E-state index contributed by atoms with van der Waals surface area (Å²) in [5.41, 5.74) is 5.79. The van der Waals surface area contributed by atoms with E-state index in [4.69, 9.17) is 15.0 Å². The molecule has 1 aromatic rings. The van der Waals surface area contributed by atoms with E-state index in [2.05, 4.69) is 10.1 Å². The molecule has 1 aliphatic rings. The normalized spacial score (nSPS) is 23.2. The van der Waals surface area contributed by atoms with E-state index in [9.17, 15) is 0 Å². The Morgan fingerprint density at radius 1 is 1.73 bits per heavy atom. The minimum atomic E-state index is -0.317. The largest absolute Gasteiger partial charge is 0.383 e. The molecule has 1 fully saturated rings. The number of rotatable bonds is 4. The van der Waals surface area contributed by atoms with Crippen LogP contribution in [0.4, 0.5) is 0 Å². The fourth-order valence-corrected chi connectivity index (χ4v) is 2.76. The maximum atomic E-state index is 5.79. The fraction of sp³-hybridized carbons (Fsp3) is 0.778. The molecule has 0 aliphatic carbocycles. The highest BCUT2D eigenvalue weighted by atomic mass is 32.2. The van der Waals surface area contributed by atoms with Gasteiger partial charge >= 0.3 is 0 Å². The van der Waals surface area contributed by atoms with Gasteiger partial charge in [-0.15, -0.1) is 0 Å². The van der Waals surface area contributed by atoms with E-state index in [0.717, 1.165) is 12.2 Å². The second-order valence-corrected chi connectivity index (χ2v) is 4.86. The van der Waals surface area contributed by atoms with Gasteiger partial charge in [-0.1, -0.05) is 5.16 Å². The summed E-state index contributed by atoms with van der Waals surface area (Å²) >= 11 is 1.88. The van der Waals surface area contributed by atoms with E-state index in [-0.39, 0.29) is 6.04 Å². The molecular formula is C9H15N3O2S. The summed E-state index contributed by atoms with van der Waals surface area (Å²) < 4.78 is 10.0. The van der Waals surface area contributed by atoms with Gasteiger partial charge in [-0.05, 0) is 18.6 Å². The van der Waals surface area contributed by atoms with Crippen LogP contribution in [0.15, 0.2) is 4.52 Å². The van der Waals surface area contributed by atoms with E-state index >= 15 is 0 Å². The molecular weight excluding hydrogens is 214 g/mol. The Labute approximate surface area is 92.7 Å². The third-order valence-electron chi connectivity index (χ3n) is 2.34. The number of thioether (sulfide) groups is 1. The lowest BCUT2D eigenvalue weighted by molar-refractivity contribution is 0.166. The monoisotopic (exact) mass is 229 g/mol. The predicted octanol–water partition coefficient (Wildman–Crippen LogP) is 1.28. The zero-order valence-corrected chi connectivity index (χ0v) is 9.50. The van der Waals surface area contributed by atoms with Crippen molar-refractivity contribution < 1.29 is 9.26 Å². The predicted molar refractivity (Wildman–Crippen MR) is 57.5 cm³/mol. The standard InChI is InChI=1S/C9H15N3O2S/c1-13-5-6(10)9-11-8(12-14-9)7-3-2-4-15-7/h6-7H,2-5,10H2,1H3. The maximum Gasteiger partial charge on any atom is 0.245 e. The Bertz CT molecular complexity index is 312. The molecule has 0 radical (unpaired) electrons. The van der Waals surface area contributed by atoms with Crippen molar-refractivity contribution in [2.75, 3.05) is 19.5 Å². The lowest BCUT2D eigenvalue weighted by atomic mass is 10.2. The van der Waals surface area contributed by atoms with Gasteiger partial charge in [0.25, 0.3) is 0 Å². The summed E-state index contributed by atoms with van der Waals surface area (Å²) in [6.45, 7) is 0.402. The van der Waals surface area contributed by atoms with Gasteiger partial charge in [0.05, 0.1) is 11.9 Å². The molecule has 0 bridgehead atoms. The van der Waals surface area contributed by atoms with Crippen LogP contribution >= 0.6 is 11.8 Å². The summed E-state index contributed by atoms with van der Waals surface area (Å²) in [6, 6.07) is -0.317. The Balaban J connectivity index is 2.02. The van der Waals surface area contributed by atoms with Crippen LogP contribution in [0.2, 0.25) is 0 Å². The summed E-state index contributed by atoms with van der Waals surface area (Å²) in [7, 11) is 1.60. The third-order valence-corrected chi connectivity index (χ3v) is 3.71. The third kappa shape index (κ3) is 2.50. The van der Waals surface area contributed by atoms with Gasteiger partial charge in [0.1, 0.15) is 6.04 Å². The number of hydrogen-bond acceptors (Lipinski definition) is 6. The summed E-state index contributed by atoms with van der Waals surface area (Å²) in [5, 5.41) is 4.35. The highest BCUT2D eigenvalue weighted by Gasteiger charge is 2.24. The molecule has 1 aromatic heterocycles. The molecule has 84 valence electrons. The van der Waals surface area contributed by atoms with Crippen LogP contribution in [0.1, 0.15) is 35.8 Å². The molecule has 6 heteroatoms. The lowest BCUT2D eigenvalue weighted by Gasteiger charge is -2.03. The number of hydrogen-bond donors (Lipinski definition) is 1. The van der Waals surface area contributed by atoms with Gasteiger partial charge in [-0.25, -0.2) is 0 Å². The molecule has 2 atom stereocenters. The van der Waals surface area contributed by atoms with Gasteiger partial charge in [0.2, 0.25) is 5.89 Å². The van der Waals surface area contributed by atoms with E-state index in [1.165, 1.54) is 12.2 Å². The average molecular weight is 229 g/mol. The Morgan fingerprint density at radius 2 is 2.60 bits per heavy atom. The van der Waals surface area contributed by atoms with Crippen molar-refractivity contribution in [2.45, 2.75) is 24.1 Å². The van der Waals surface area contributed by atoms with Gasteiger partial charge in [0.15, 0.2) is 5.82 Å². The maximum absolute atomic E-state index is 5.79. The molecule has 1 aliphatic heterocycles. The van der Waals surface area contributed by atoms with Crippen LogP contribution in [-0.2, 0) is 4.74 Å². The first-order valence-corrected chi connectivity index (χ1v) is 6.05. The van der Waals surface area contributed by atoms with E-state index in [1.807, 2.05) is 11.8 Å². The summed E-state index contributed by atoms with van der Waals surface area (Å²) in [5.74, 6) is 2.43. The first kappa shape index (κ1) is 10.9. The molecule has 5 nitrogen and oxygen atoms in total. The van der Waals surface area contributed by atoms with Gasteiger partial charge in [0, 0.05) is 7.11 Å². The van der Waals surface area contributed by atoms with Crippen LogP contribution in [0.25, 0.3) is 0 Å². The number of nitrogens with two attached hydrogens (primary N) is 1. The molecule has 0 saturated carbocycles. The van der Waals surface area contributed by atoms with Crippen LogP contribution in [-0.4, -0.2) is 29.6 Å². The van der Waals surface area contributed by atoms with Crippen molar-refractivity contribution in [2.24, 2.45) is 5.73 Å². The zero-order valence-electron chi connectivity index (χ0n) is 8.68. The van der Waals surface area contributed by atoms with E-state index in [0.29, 0.717) is 17.7 Å². The van der Waals surface area contributed by atoms with E-state index in [1.54, 1.807) is 7.11 Å². The molecule has 0 aromatic carbocycles. The van der Waals surface area contributed by atoms with Crippen molar-refractivity contribution >= 4 is 11.8 Å². The van der Waals surface area contributed by atoms with Crippen molar-refractivity contribution in [1.29, 1.82) is 0 Å². The van der Waals surface area contributed by atoms with Crippen LogP contribution < -0.4 is 5.73 Å². The molecule has 1 saturated heterocycles. The molecule has 2 rings (SSSR count). The van der Waals surface area contributed by atoms with Gasteiger partial charge in [-0.2, -0.15) is 16.7 Å². The van der Waals surface area contributed by atoms with Crippen molar-refractivity contribution in [3.05, 3.63) is 11.7 Å². The highest BCUT2D eigenvalue weighted by molar-refractivity contribution is 7.99. The van der Waals surface area contributed by atoms with Crippen LogP contribution in [0, 0.1) is 0 Å².